The summed E-state index contributed by atoms with van der Waals surface area (Å²) in [6.45, 7) is 1.77. The number of rotatable bonds is 7. The molecule has 0 fully saturated rings. The Bertz CT molecular complexity index is 1070. The van der Waals surface area contributed by atoms with Crippen LogP contribution < -0.4 is 0 Å². The Morgan fingerprint density at radius 3 is 2.79 bits per heavy atom. The monoisotopic (exact) mass is 441 g/mol. The SMILES string of the molecule is CN(CCCc1cc(-c2ccc(F)cc2)n[nH]1)Cc1cn2cc(Br)ccc2n1. The fourth-order valence-corrected chi connectivity index (χ4v) is 3.60. The summed E-state index contributed by atoms with van der Waals surface area (Å²) in [5.41, 5.74) is 4.86. The predicted octanol–water partition coefficient (Wildman–Crippen LogP) is 4.69. The van der Waals surface area contributed by atoms with Crippen LogP contribution in [0.25, 0.3) is 16.9 Å². The van der Waals surface area contributed by atoms with E-state index in [4.69, 9.17) is 0 Å². The van der Waals surface area contributed by atoms with Crippen LogP contribution in [-0.4, -0.2) is 38.1 Å². The zero-order chi connectivity index (χ0) is 19.5. The van der Waals surface area contributed by atoms with Gasteiger partial charge in [-0.3, -0.25) is 5.10 Å². The minimum absolute atomic E-state index is 0.235. The van der Waals surface area contributed by atoms with Gasteiger partial charge in [0.2, 0.25) is 0 Å². The van der Waals surface area contributed by atoms with Gasteiger partial charge in [-0.15, -0.1) is 0 Å². The Labute approximate surface area is 171 Å². The lowest BCUT2D eigenvalue weighted by Crippen LogP contribution is -2.19. The van der Waals surface area contributed by atoms with E-state index in [0.717, 1.165) is 58.7 Å². The number of H-pyrrole nitrogens is 1. The summed E-state index contributed by atoms with van der Waals surface area (Å²) in [4.78, 5) is 6.93. The van der Waals surface area contributed by atoms with Gasteiger partial charge in [-0.05, 0) is 84.8 Å². The van der Waals surface area contributed by atoms with Crippen LogP contribution in [0, 0.1) is 5.82 Å². The van der Waals surface area contributed by atoms with Gasteiger partial charge < -0.3 is 9.30 Å². The zero-order valence-corrected chi connectivity index (χ0v) is 17.2. The molecule has 7 heteroatoms. The van der Waals surface area contributed by atoms with E-state index in [-0.39, 0.29) is 5.82 Å². The van der Waals surface area contributed by atoms with E-state index in [0.29, 0.717) is 0 Å². The number of aromatic amines is 1. The molecule has 0 spiro atoms. The molecule has 0 aliphatic carbocycles. The first kappa shape index (κ1) is 18.8. The van der Waals surface area contributed by atoms with E-state index in [2.05, 4.69) is 49.3 Å². The Kier molecular flexibility index (Phi) is 5.54. The van der Waals surface area contributed by atoms with E-state index in [1.54, 1.807) is 12.1 Å². The van der Waals surface area contributed by atoms with Crippen molar-refractivity contribution in [2.75, 3.05) is 13.6 Å². The second-order valence-corrected chi connectivity index (χ2v) is 7.89. The number of fused-ring (bicyclic) bond motifs is 1. The van der Waals surface area contributed by atoms with Crippen molar-refractivity contribution in [3.8, 4) is 11.3 Å². The van der Waals surface area contributed by atoms with E-state index in [1.807, 2.05) is 28.8 Å². The second-order valence-electron chi connectivity index (χ2n) is 6.97. The van der Waals surface area contributed by atoms with Crippen molar-refractivity contribution in [2.24, 2.45) is 0 Å². The molecule has 1 N–H and O–H groups in total. The van der Waals surface area contributed by atoms with Crippen LogP contribution in [0.4, 0.5) is 4.39 Å². The molecular weight excluding hydrogens is 421 g/mol. The third kappa shape index (κ3) is 4.48. The molecule has 3 heterocycles. The fourth-order valence-electron chi connectivity index (χ4n) is 3.25. The normalized spacial score (nSPS) is 11.6. The number of benzene rings is 1. The summed E-state index contributed by atoms with van der Waals surface area (Å²) in [6, 6.07) is 12.4. The first-order valence-corrected chi connectivity index (χ1v) is 9.98. The fraction of sp³-hybridized carbons (Fsp3) is 0.238. The van der Waals surface area contributed by atoms with Crippen molar-refractivity contribution in [1.29, 1.82) is 0 Å². The Morgan fingerprint density at radius 2 is 1.96 bits per heavy atom. The van der Waals surface area contributed by atoms with Crippen LogP contribution in [0.5, 0.6) is 0 Å². The van der Waals surface area contributed by atoms with Gasteiger partial charge in [0, 0.05) is 34.7 Å². The standard InChI is InChI=1S/C21H21BrFN5/c1-27(13-19-14-28-12-16(22)6-9-21(28)24-19)10-2-3-18-11-20(26-25-18)15-4-7-17(23)8-5-15/h4-9,11-12,14H,2-3,10,13H2,1H3,(H,25,26). The highest BCUT2D eigenvalue weighted by Gasteiger charge is 2.08. The highest BCUT2D eigenvalue weighted by atomic mass is 79.9. The number of halogens is 2. The molecule has 5 nitrogen and oxygen atoms in total. The van der Waals surface area contributed by atoms with Crippen molar-refractivity contribution in [1.82, 2.24) is 24.5 Å². The first-order valence-electron chi connectivity index (χ1n) is 9.19. The van der Waals surface area contributed by atoms with Crippen LogP contribution in [0.1, 0.15) is 17.8 Å². The lowest BCUT2D eigenvalue weighted by Gasteiger charge is -2.14. The molecule has 0 saturated heterocycles. The molecule has 0 radical (unpaired) electrons. The van der Waals surface area contributed by atoms with Gasteiger partial charge in [-0.1, -0.05) is 0 Å². The summed E-state index contributed by atoms with van der Waals surface area (Å²) in [7, 11) is 2.11. The first-order chi connectivity index (χ1) is 13.6. The lowest BCUT2D eigenvalue weighted by molar-refractivity contribution is 0.318. The number of nitrogens with zero attached hydrogens (tertiary/aromatic N) is 4. The van der Waals surface area contributed by atoms with Crippen molar-refractivity contribution in [3.63, 3.8) is 0 Å². The Balaban J connectivity index is 1.29. The Hall–Kier alpha value is -2.51. The summed E-state index contributed by atoms with van der Waals surface area (Å²) in [5, 5.41) is 7.42. The molecule has 0 aliphatic rings. The molecule has 4 rings (SSSR count). The molecular formula is C21H21BrFN5. The largest absolute Gasteiger partial charge is 0.306 e. The number of aryl methyl sites for hydroxylation is 1. The number of nitrogens with one attached hydrogen (secondary N) is 1. The summed E-state index contributed by atoms with van der Waals surface area (Å²) in [5.74, 6) is -0.235. The number of hydrogen-bond donors (Lipinski definition) is 1. The number of pyridine rings is 1. The minimum Gasteiger partial charge on any atom is -0.306 e. The van der Waals surface area contributed by atoms with Gasteiger partial charge in [0.25, 0.3) is 0 Å². The molecule has 0 saturated carbocycles. The van der Waals surface area contributed by atoms with Crippen molar-refractivity contribution in [2.45, 2.75) is 19.4 Å². The van der Waals surface area contributed by atoms with Crippen molar-refractivity contribution >= 4 is 21.6 Å². The summed E-state index contributed by atoms with van der Waals surface area (Å²) >= 11 is 3.48. The molecule has 0 amide bonds. The molecule has 4 aromatic rings. The van der Waals surface area contributed by atoms with Crippen LogP contribution in [-0.2, 0) is 13.0 Å². The smallest absolute Gasteiger partial charge is 0.137 e. The van der Waals surface area contributed by atoms with Crippen LogP contribution in [0.15, 0.2) is 59.3 Å². The molecule has 1 aromatic carbocycles. The highest BCUT2D eigenvalue weighted by molar-refractivity contribution is 9.10. The molecule has 3 aromatic heterocycles. The van der Waals surface area contributed by atoms with E-state index in [9.17, 15) is 4.39 Å². The zero-order valence-electron chi connectivity index (χ0n) is 15.6. The molecule has 0 aliphatic heterocycles. The summed E-state index contributed by atoms with van der Waals surface area (Å²) < 4.78 is 16.1. The Morgan fingerprint density at radius 1 is 1.14 bits per heavy atom. The topological polar surface area (TPSA) is 49.2 Å². The highest BCUT2D eigenvalue weighted by Crippen LogP contribution is 2.19. The van der Waals surface area contributed by atoms with Crippen molar-refractivity contribution in [3.05, 3.63) is 76.5 Å². The average molecular weight is 442 g/mol. The van der Waals surface area contributed by atoms with Gasteiger partial charge in [0.05, 0.1) is 11.4 Å². The van der Waals surface area contributed by atoms with Crippen LogP contribution >= 0.6 is 15.9 Å². The molecule has 0 atom stereocenters. The van der Waals surface area contributed by atoms with Gasteiger partial charge in [-0.25, -0.2) is 9.37 Å². The maximum Gasteiger partial charge on any atom is 0.137 e. The van der Waals surface area contributed by atoms with E-state index < -0.39 is 0 Å². The minimum atomic E-state index is -0.235. The van der Waals surface area contributed by atoms with Gasteiger partial charge in [0.15, 0.2) is 0 Å². The van der Waals surface area contributed by atoms with Crippen LogP contribution in [0.3, 0.4) is 0 Å². The quantitative estimate of drug-likeness (QED) is 0.452. The summed E-state index contributed by atoms with van der Waals surface area (Å²) in [6.07, 6.45) is 6.01. The maximum absolute atomic E-state index is 13.0. The molecule has 0 unspecified atom stereocenters. The second kappa shape index (κ2) is 8.24. The molecule has 0 bridgehead atoms. The molecule has 28 heavy (non-hydrogen) atoms. The number of aromatic nitrogens is 4. The third-order valence-electron chi connectivity index (χ3n) is 4.65. The van der Waals surface area contributed by atoms with E-state index in [1.165, 1.54) is 12.1 Å². The van der Waals surface area contributed by atoms with Gasteiger partial charge >= 0.3 is 0 Å². The average Bonchev–Trinajstić information content (AvgIpc) is 3.28. The van der Waals surface area contributed by atoms with E-state index >= 15 is 0 Å². The van der Waals surface area contributed by atoms with Gasteiger partial charge in [0.1, 0.15) is 11.5 Å². The van der Waals surface area contributed by atoms with Gasteiger partial charge in [-0.2, -0.15) is 5.10 Å². The molecule has 144 valence electrons. The lowest BCUT2D eigenvalue weighted by atomic mass is 10.1. The third-order valence-corrected chi connectivity index (χ3v) is 5.12. The van der Waals surface area contributed by atoms with Crippen molar-refractivity contribution < 1.29 is 4.39 Å². The number of hydrogen-bond acceptors (Lipinski definition) is 3. The number of imidazole rings is 1. The van der Waals surface area contributed by atoms with Crippen LogP contribution in [0.2, 0.25) is 0 Å². The maximum atomic E-state index is 13.0. The predicted molar refractivity (Wildman–Crippen MR) is 112 cm³/mol.